The third kappa shape index (κ3) is 5.75. The lowest BCUT2D eigenvalue weighted by atomic mass is 10.2. The normalized spacial score (nSPS) is 17.6. The van der Waals surface area contributed by atoms with Gasteiger partial charge in [0, 0.05) is 24.3 Å². The van der Waals surface area contributed by atoms with E-state index >= 15 is 0 Å². The number of carbonyl (C=O) groups excluding carboxylic acids is 1. The van der Waals surface area contributed by atoms with Crippen molar-refractivity contribution in [3.05, 3.63) is 72.3 Å². The number of rotatable bonds is 6. The summed E-state index contributed by atoms with van der Waals surface area (Å²) in [6, 6.07) is 22.0. The summed E-state index contributed by atoms with van der Waals surface area (Å²) in [5.41, 5.74) is 5.68. The van der Waals surface area contributed by atoms with Crippen LogP contribution in [-0.4, -0.2) is 51.9 Å². The van der Waals surface area contributed by atoms with Crippen LogP contribution < -0.4 is 10.2 Å². The topological polar surface area (TPSA) is 80.2 Å². The predicted molar refractivity (Wildman–Crippen MR) is 161 cm³/mol. The Labute approximate surface area is 235 Å². The smallest absolute Gasteiger partial charge is 0.234 e. The summed E-state index contributed by atoms with van der Waals surface area (Å²) in [7, 11) is 0. The highest BCUT2D eigenvalue weighted by Crippen LogP contribution is 2.33. The molecular formula is C30H29N5O2S2. The molecule has 0 saturated carbocycles. The maximum absolute atomic E-state index is 12.9. The van der Waals surface area contributed by atoms with Crippen LogP contribution in [0, 0.1) is 6.92 Å². The van der Waals surface area contributed by atoms with Crippen molar-refractivity contribution in [3.63, 3.8) is 0 Å². The summed E-state index contributed by atoms with van der Waals surface area (Å²) in [4.78, 5) is 29.7. The molecule has 5 aromatic rings. The number of thiazole rings is 1. The molecule has 3 aromatic carbocycles. The van der Waals surface area contributed by atoms with Crippen molar-refractivity contribution in [3.8, 4) is 10.6 Å². The van der Waals surface area contributed by atoms with Gasteiger partial charge in [0.15, 0.2) is 5.82 Å². The molecule has 1 N–H and O–H groups in total. The highest BCUT2D eigenvalue weighted by Gasteiger charge is 2.26. The lowest BCUT2D eigenvalue weighted by Gasteiger charge is -2.36. The lowest BCUT2D eigenvalue weighted by molar-refractivity contribution is -0.113. The van der Waals surface area contributed by atoms with E-state index in [-0.39, 0.29) is 23.9 Å². The summed E-state index contributed by atoms with van der Waals surface area (Å²) >= 11 is 3.09. The van der Waals surface area contributed by atoms with E-state index in [1.165, 1.54) is 22.0 Å². The molecule has 1 saturated heterocycles. The summed E-state index contributed by atoms with van der Waals surface area (Å²) in [5.74, 6) is 0.950. The minimum atomic E-state index is -0.0900. The van der Waals surface area contributed by atoms with Crippen LogP contribution in [0.25, 0.3) is 31.8 Å². The molecule has 3 heterocycles. The number of ether oxygens (including phenoxy) is 1. The maximum Gasteiger partial charge on any atom is 0.234 e. The Balaban J connectivity index is 1.16. The molecule has 198 valence electrons. The monoisotopic (exact) mass is 555 g/mol. The van der Waals surface area contributed by atoms with Gasteiger partial charge in [-0.2, -0.15) is 0 Å². The van der Waals surface area contributed by atoms with Crippen molar-refractivity contribution < 1.29 is 9.53 Å². The number of thioether (sulfide) groups is 1. The fraction of sp³-hybridized carbons (Fsp3) is 0.267. The number of benzene rings is 3. The standard InChI is InChI=1S/C30H29N5O2S2/c1-18-8-13-25-26(14-18)39-29(34-25)21-9-11-22(12-10-21)31-27(36)17-38-30-28(35-15-19(2)37-20(3)16-35)32-23-6-4-5-7-24(23)33-30/h4-14,19-20H,15-17H2,1-3H3,(H,31,36). The first-order chi connectivity index (χ1) is 18.9. The zero-order valence-corrected chi connectivity index (χ0v) is 23.7. The van der Waals surface area contributed by atoms with Crippen LogP contribution in [-0.2, 0) is 9.53 Å². The minimum Gasteiger partial charge on any atom is -0.372 e. The number of aryl methyl sites for hydroxylation is 1. The molecule has 6 rings (SSSR count). The van der Waals surface area contributed by atoms with Crippen LogP contribution in [0.3, 0.4) is 0 Å². The van der Waals surface area contributed by atoms with Gasteiger partial charge in [0.1, 0.15) is 10.0 Å². The molecular weight excluding hydrogens is 526 g/mol. The number of morpholine rings is 1. The van der Waals surface area contributed by atoms with Crippen molar-refractivity contribution in [1.82, 2.24) is 15.0 Å². The van der Waals surface area contributed by atoms with Gasteiger partial charge < -0.3 is 15.0 Å². The molecule has 0 aliphatic carbocycles. The third-order valence-electron chi connectivity index (χ3n) is 6.54. The number of amides is 1. The molecule has 2 unspecified atom stereocenters. The first-order valence-corrected chi connectivity index (χ1v) is 14.8. The number of hydrogen-bond acceptors (Lipinski definition) is 8. The molecule has 1 amide bonds. The molecule has 1 aliphatic rings. The van der Waals surface area contributed by atoms with Crippen LogP contribution in [0.1, 0.15) is 19.4 Å². The average molecular weight is 556 g/mol. The van der Waals surface area contributed by atoms with E-state index in [9.17, 15) is 4.79 Å². The Kier molecular flexibility index (Phi) is 7.20. The molecule has 1 aliphatic heterocycles. The van der Waals surface area contributed by atoms with Crippen molar-refractivity contribution in [2.45, 2.75) is 38.0 Å². The van der Waals surface area contributed by atoms with Gasteiger partial charge in [0.2, 0.25) is 5.91 Å². The first-order valence-electron chi connectivity index (χ1n) is 13.0. The Morgan fingerprint density at radius 3 is 2.44 bits per heavy atom. The summed E-state index contributed by atoms with van der Waals surface area (Å²) in [6.07, 6.45) is 0.191. The second-order valence-electron chi connectivity index (χ2n) is 9.91. The van der Waals surface area contributed by atoms with Gasteiger partial charge in [-0.15, -0.1) is 11.3 Å². The molecule has 0 radical (unpaired) electrons. The summed E-state index contributed by atoms with van der Waals surface area (Å²) in [5, 5.41) is 4.74. The Bertz CT molecular complexity index is 1640. The Hall–Kier alpha value is -3.53. The fourth-order valence-electron chi connectivity index (χ4n) is 4.81. The summed E-state index contributed by atoms with van der Waals surface area (Å²) < 4.78 is 7.10. The quantitative estimate of drug-likeness (QED) is 0.238. The molecule has 0 bridgehead atoms. The molecule has 39 heavy (non-hydrogen) atoms. The van der Waals surface area contributed by atoms with Crippen LogP contribution in [0.5, 0.6) is 0 Å². The van der Waals surface area contributed by atoms with Gasteiger partial charge in [-0.1, -0.05) is 30.0 Å². The van der Waals surface area contributed by atoms with Gasteiger partial charge in [-0.3, -0.25) is 4.79 Å². The zero-order chi connectivity index (χ0) is 26.9. The molecule has 2 atom stereocenters. The molecule has 1 fully saturated rings. The predicted octanol–water partition coefficient (Wildman–Crippen LogP) is 6.56. The molecule has 0 spiro atoms. The van der Waals surface area contributed by atoms with E-state index in [0.717, 1.165) is 56.7 Å². The molecule has 2 aromatic heterocycles. The molecule has 7 nitrogen and oxygen atoms in total. The number of hydrogen-bond donors (Lipinski definition) is 1. The highest BCUT2D eigenvalue weighted by atomic mass is 32.2. The van der Waals surface area contributed by atoms with Crippen molar-refractivity contribution in [1.29, 1.82) is 0 Å². The van der Waals surface area contributed by atoms with Crippen molar-refractivity contribution in [2.24, 2.45) is 0 Å². The zero-order valence-electron chi connectivity index (χ0n) is 22.0. The SMILES string of the molecule is Cc1ccc2nc(-c3ccc(NC(=O)CSc4nc5ccccc5nc4N4CC(C)OC(C)C4)cc3)sc2c1. The first kappa shape index (κ1) is 25.7. The van der Waals surface area contributed by atoms with Gasteiger partial charge in [0.25, 0.3) is 0 Å². The maximum atomic E-state index is 12.9. The second-order valence-corrected chi connectivity index (χ2v) is 11.9. The molecule has 9 heteroatoms. The number of nitrogens with one attached hydrogen (secondary N) is 1. The number of fused-ring (bicyclic) bond motifs is 2. The van der Waals surface area contributed by atoms with E-state index in [0.29, 0.717) is 0 Å². The van der Waals surface area contributed by atoms with Gasteiger partial charge in [-0.05, 0) is 74.9 Å². The van der Waals surface area contributed by atoms with Crippen molar-refractivity contribution in [2.75, 3.05) is 29.1 Å². The van der Waals surface area contributed by atoms with Gasteiger partial charge in [-0.25, -0.2) is 15.0 Å². The third-order valence-corrected chi connectivity index (χ3v) is 8.56. The minimum absolute atomic E-state index is 0.0900. The largest absolute Gasteiger partial charge is 0.372 e. The number of carbonyl (C=O) groups is 1. The lowest BCUT2D eigenvalue weighted by Crippen LogP contribution is -2.46. The second kappa shape index (κ2) is 10.9. The highest BCUT2D eigenvalue weighted by molar-refractivity contribution is 8.00. The van der Waals surface area contributed by atoms with Gasteiger partial charge >= 0.3 is 0 Å². The number of nitrogens with zero attached hydrogens (tertiary/aromatic N) is 4. The van der Waals surface area contributed by atoms with Gasteiger partial charge in [0.05, 0.1) is 39.2 Å². The van der Waals surface area contributed by atoms with E-state index in [2.05, 4.69) is 49.2 Å². The number of aromatic nitrogens is 3. The van der Waals surface area contributed by atoms with E-state index in [1.54, 1.807) is 11.3 Å². The Morgan fingerprint density at radius 1 is 0.974 bits per heavy atom. The number of anilines is 2. The van der Waals surface area contributed by atoms with Crippen LogP contribution in [0.4, 0.5) is 11.5 Å². The van der Waals surface area contributed by atoms with Crippen LogP contribution in [0.2, 0.25) is 0 Å². The van der Waals surface area contributed by atoms with E-state index in [1.807, 2.05) is 48.5 Å². The van der Waals surface area contributed by atoms with Crippen LogP contribution in [0.15, 0.2) is 71.8 Å². The number of para-hydroxylation sites is 2. The Morgan fingerprint density at radius 2 is 1.69 bits per heavy atom. The van der Waals surface area contributed by atoms with Crippen LogP contribution >= 0.6 is 23.1 Å². The van der Waals surface area contributed by atoms with Crippen molar-refractivity contribution >= 4 is 61.8 Å². The summed E-state index contributed by atoms with van der Waals surface area (Å²) in [6.45, 7) is 7.70. The average Bonchev–Trinajstić information content (AvgIpc) is 3.34. The van der Waals surface area contributed by atoms with E-state index < -0.39 is 0 Å². The van der Waals surface area contributed by atoms with E-state index in [4.69, 9.17) is 19.7 Å². The fourth-order valence-corrected chi connectivity index (χ4v) is 6.69.